The van der Waals surface area contributed by atoms with Crippen LogP contribution < -0.4 is 5.32 Å². The number of aromatic nitrogens is 1. The van der Waals surface area contributed by atoms with E-state index >= 15 is 0 Å². The van der Waals surface area contributed by atoms with Crippen molar-refractivity contribution in [3.63, 3.8) is 0 Å². The van der Waals surface area contributed by atoms with E-state index in [2.05, 4.69) is 10.3 Å². The first-order valence-electron chi connectivity index (χ1n) is 6.92. The van der Waals surface area contributed by atoms with E-state index in [1.807, 2.05) is 40.7 Å². The molecule has 21 heavy (non-hydrogen) atoms. The summed E-state index contributed by atoms with van der Waals surface area (Å²) in [5, 5.41) is 2.64. The molecular formula is C15H22N2O4. The summed E-state index contributed by atoms with van der Waals surface area (Å²) in [5.74, 6) is -0.584. The SMILES string of the molecule is CC(C)(C)OC(=O)Nc1ccc([C@@H]2COC(C)(C)O2)nc1. The van der Waals surface area contributed by atoms with Crippen LogP contribution in [-0.2, 0) is 14.2 Å². The van der Waals surface area contributed by atoms with E-state index in [9.17, 15) is 4.79 Å². The number of nitrogens with one attached hydrogen (secondary N) is 1. The van der Waals surface area contributed by atoms with Gasteiger partial charge in [0.05, 0.1) is 24.2 Å². The zero-order chi connectivity index (χ0) is 15.7. The average Bonchev–Trinajstić information content (AvgIpc) is 2.68. The van der Waals surface area contributed by atoms with Crippen LogP contribution in [0.25, 0.3) is 0 Å². The van der Waals surface area contributed by atoms with Gasteiger partial charge in [0.1, 0.15) is 11.7 Å². The molecule has 116 valence electrons. The van der Waals surface area contributed by atoms with Crippen molar-refractivity contribution in [2.24, 2.45) is 0 Å². The third kappa shape index (κ3) is 4.68. The van der Waals surface area contributed by atoms with Crippen LogP contribution in [0.3, 0.4) is 0 Å². The van der Waals surface area contributed by atoms with Gasteiger partial charge in [0, 0.05) is 0 Å². The Bertz CT molecular complexity index is 505. The molecule has 1 N–H and O–H groups in total. The molecule has 1 atom stereocenters. The molecular weight excluding hydrogens is 272 g/mol. The van der Waals surface area contributed by atoms with Gasteiger partial charge >= 0.3 is 6.09 Å². The molecule has 1 amide bonds. The van der Waals surface area contributed by atoms with Crippen LogP contribution in [0.4, 0.5) is 10.5 Å². The minimum atomic E-state index is -0.584. The molecule has 1 aromatic rings. The smallest absolute Gasteiger partial charge is 0.412 e. The first-order chi connectivity index (χ1) is 9.65. The van der Waals surface area contributed by atoms with Crippen molar-refractivity contribution in [2.45, 2.75) is 52.1 Å². The third-order valence-corrected chi connectivity index (χ3v) is 2.77. The number of nitrogens with zero attached hydrogens (tertiary/aromatic N) is 1. The monoisotopic (exact) mass is 294 g/mol. The van der Waals surface area contributed by atoms with Crippen LogP contribution in [0, 0.1) is 0 Å². The minimum Gasteiger partial charge on any atom is -0.444 e. The quantitative estimate of drug-likeness (QED) is 0.906. The summed E-state index contributed by atoms with van der Waals surface area (Å²) < 4.78 is 16.4. The molecule has 0 bridgehead atoms. The Morgan fingerprint density at radius 3 is 2.62 bits per heavy atom. The Kier molecular flexibility index (Phi) is 4.20. The van der Waals surface area contributed by atoms with Gasteiger partial charge in [-0.15, -0.1) is 0 Å². The highest BCUT2D eigenvalue weighted by Crippen LogP contribution is 2.31. The molecule has 0 aliphatic carbocycles. The number of anilines is 1. The summed E-state index contributed by atoms with van der Waals surface area (Å²) in [7, 11) is 0. The van der Waals surface area contributed by atoms with Crippen LogP contribution in [0.1, 0.15) is 46.4 Å². The topological polar surface area (TPSA) is 69.7 Å². The fraction of sp³-hybridized carbons (Fsp3) is 0.600. The molecule has 1 fully saturated rings. The van der Waals surface area contributed by atoms with E-state index in [0.29, 0.717) is 12.3 Å². The highest BCUT2D eigenvalue weighted by atomic mass is 16.7. The zero-order valence-corrected chi connectivity index (χ0v) is 13.1. The highest BCUT2D eigenvalue weighted by molar-refractivity contribution is 5.84. The fourth-order valence-electron chi connectivity index (χ4n) is 1.92. The fourth-order valence-corrected chi connectivity index (χ4v) is 1.92. The summed E-state index contributed by atoms with van der Waals surface area (Å²) in [6.45, 7) is 9.64. The standard InChI is InChI=1S/C15H22N2O4/c1-14(2,3)21-13(18)17-10-6-7-11(16-8-10)12-9-19-15(4,5)20-12/h6-8,12H,9H2,1-5H3,(H,17,18)/t12-/m0/s1. The third-order valence-electron chi connectivity index (χ3n) is 2.77. The van der Waals surface area contributed by atoms with Gasteiger partial charge in [-0.2, -0.15) is 0 Å². The van der Waals surface area contributed by atoms with Crippen molar-refractivity contribution < 1.29 is 19.0 Å². The van der Waals surface area contributed by atoms with Gasteiger partial charge in [-0.3, -0.25) is 10.3 Å². The largest absolute Gasteiger partial charge is 0.444 e. The molecule has 0 saturated carbocycles. The second-order valence-electron chi connectivity index (χ2n) is 6.42. The molecule has 0 unspecified atom stereocenters. The lowest BCUT2D eigenvalue weighted by Crippen LogP contribution is -2.27. The number of amides is 1. The second-order valence-corrected chi connectivity index (χ2v) is 6.42. The molecule has 6 nitrogen and oxygen atoms in total. The summed E-state index contributed by atoms with van der Waals surface area (Å²) in [6.07, 6.45) is 0.891. The number of carbonyl (C=O) groups excluding carboxylic acids is 1. The Hall–Kier alpha value is -1.66. The van der Waals surface area contributed by atoms with Gasteiger partial charge in [-0.25, -0.2) is 4.79 Å². The average molecular weight is 294 g/mol. The lowest BCUT2D eigenvalue weighted by molar-refractivity contribution is -0.139. The van der Waals surface area contributed by atoms with Crippen molar-refractivity contribution >= 4 is 11.8 Å². The zero-order valence-electron chi connectivity index (χ0n) is 13.1. The summed E-state index contributed by atoms with van der Waals surface area (Å²) in [6, 6.07) is 3.57. The van der Waals surface area contributed by atoms with Gasteiger partial charge in [0.15, 0.2) is 5.79 Å². The first kappa shape index (κ1) is 15.7. The van der Waals surface area contributed by atoms with Gasteiger partial charge in [0.2, 0.25) is 0 Å². The number of rotatable bonds is 2. The second kappa shape index (κ2) is 5.61. The van der Waals surface area contributed by atoms with Gasteiger partial charge < -0.3 is 14.2 Å². The predicted octanol–water partition coefficient (Wildman–Crippen LogP) is 3.25. The van der Waals surface area contributed by atoms with Crippen LogP contribution in [0.2, 0.25) is 0 Å². The minimum absolute atomic E-state index is 0.185. The number of hydrogen-bond donors (Lipinski definition) is 1. The van der Waals surface area contributed by atoms with Gasteiger partial charge in [-0.05, 0) is 46.8 Å². The highest BCUT2D eigenvalue weighted by Gasteiger charge is 2.34. The lowest BCUT2D eigenvalue weighted by atomic mass is 10.2. The molecule has 6 heteroatoms. The maximum Gasteiger partial charge on any atom is 0.412 e. The molecule has 1 aromatic heterocycles. The Morgan fingerprint density at radius 2 is 2.14 bits per heavy atom. The predicted molar refractivity (Wildman–Crippen MR) is 78.0 cm³/mol. The van der Waals surface area contributed by atoms with E-state index in [0.717, 1.165) is 5.69 Å². The molecule has 0 aromatic carbocycles. The van der Waals surface area contributed by atoms with Crippen molar-refractivity contribution in [3.05, 3.63) is 24.0 Å². The van der Waals surface area contributed by atoms with E-state index in [4.69, 9.17) is 14.2 Å². The number of carbonyl (C=O) groups is 1. The number of ether oxygens (including phenoxy) is 3. The maximum absolute atomic E-state index is 11.6. The van der Waals surface area contributed by atoms with E-state index in [-0.39, 0.29) is 6.10 Å². The molecule has 1 aliphatic heterocycles. The summed E-state index contributed by atoms with van der Waals surface area (Å²) in [4.78, 5) is 15.9. The Balaban J connectivity index is 1.95. The molecule has 2 rings (SSSR count). The molecule has 2 heterocycles. The van der Waals surface area contributed by atoms with Crippen molar-refractivity contribution in [2.75, 3.05) is 11.9 Å². The number of hydrogen-bond acceptors (Lipinski definition) is 5. The summed E-state index contributed by atoms with van der Waals surface area (Å²) in [5.41, 5.74) is 0.819. The first-order valence-corrected chi connectivity index (χ1v) is 6.92. The normalized spacial score (nSPS) is 21.1. The van der Waals surface area contributed by atoms with Crippen LogP contribution in [-0.4, -0.2) is 29.1 Å². The molecule has 1 saturated heterocycles. The number of pyridine rings is 1. The Labute approximate surface area is 124 Å². The molecule has 0 spiro atoms. The van der Waals surface area contributed by atoms with E-state index in [1.165, 1.54) is 0 Å². The Morgan fingerprint density at radius 1 is 1.43 bits per heavy atom. The van der Waals surface area contributed by atoms with Gasteiger partial charge in [-0.1, -0.05) is 0 Å². The maximum atomic E-state index is 11.6. The van der Waals surface area contributed by atoms with Crippen LogP contribution in [0.15, 0.2) is 18.3 Å². The molecule has 0 radical (unpaired) electrons. The van der Waals surface area contributed by atoms with Crippen molar-refractivity contribution in [1.82, 2.24) is 4.98 Å². The van der Waals surface area contributed by atoms with Crippen molar-refractivity contribution in [1.29, 1.82) is 0 Å². The lowest BCUT2D eigenvalue weighted by Gasteiger charge is -2.19. The van der Waals surface area contributed by atoms with Crippen molar-refractivity contribution in [3.8, 4) is 0 Å². The van der Waals surface area contributed by atoms with Crippen LogP contribution in [0.5, 0.6) is 0 Å². The van der Waals surface area contributed by atoms with E-state index < -0.39 is 17.5 Å². The van der Waals surface area contributed by atoms with E-state index in [1.54, 1.807) is 12.3 Å². The van der Waals surface area contributed by atoms with Gasteiger partial charge in [0.25, 0.3) is 0 Å². The molecule has 1 aliphatic rings. The van der Waals surface area contributed by atoms with Crippen LogP contribution >= 0.6 is 0 Å². The summed E-state index contributed by atoms with van der Waals surface area (Å²) >= 11 is 0.